The van der Waals surface area contributed by atoms with Crippen molar-refractivity contribution in [1.82, 2.24) is 19.1 Å². The Balaban J connectivity index is 2.21. The van der Waals surface area contributed by atoms with Gasteiger partial charge in [-0.3, -0.25) is 14.3 Å². The van der Waals surface area contributed by atoms with Gasteiger partial charge in [0.05, 0.1) is 16.5 Å². The zero-order valence-corrected chi connectivity index (χ0v) is 12.7. The van der Waals surface area contributed by atoms with Crippen LogP contribution in [0.3, 0.4) is 0 Å². The van der Waals surface area contributed by atoms with Gasteiger partial charge in [-0.25, -0.2) is 4.68 Å². The number of rotatable bonds is 1. The Morgan fingerprint density at radius 1 is 1.17 bits per heavy atom. The van der Waals surface area contributed by atoms with E-state index in [1.165, 1.54) is 4.68 Å². The van der Waals surface area contributed by atoms with Crippen LogP contribution in [-0.2, 0) is 7.05 Å². The van der Waals surface area contributed by atoms with Gasteiger partial charge in [0.25, 0.3) is 11.1 Å². The number of aryl methyl sites for hydroxylation is 1. The summed E-state index contributed by atoms with van der Waals surface area (Å²) in [5.41, 5.74) is 5.97. The van der Waals surface area contributed by atoms with Crippen LogP contribution in [0.4, 0.5) is 0 Å². The van der Waals surface area contributed by atoms with Crippen molar-refractivity contribution >= 4 is 16.6 Å². The molecule has 0 amide bonds. The van der Waals surface area contributed by atoms with E-state index >= 15 is 0 Å². The molecule has 0 fully saturated rings. The van der Waals surface area contributed by atoms with Gasteiger partial charge >= 0.3 is 0 Å². The summed E-state index contributed by atoms with van der Waals surface area (Å²) in [7, 11) is 1.70. The molecule has 2 aromatic heterocycles. The van der Waals surface area contributed by atoms with E-state index in [1.807, 2.05) is 6.07 Å². The minimum absolute atomic E-state index is 0.0310. The molecule has 1 unspecified atom stereocenters. The predicted octanol–water partition coefficient (Wildman–Crippen LogP) is 0.151. The second-order valence-electron chi connectivity index (χ2n) is 5.51. The number of nitrogens with zero attached hydrogens (tertiary/aromatic N) is 5. The Labute approximate surface area is 135 Å². The Morgan fingerprint density at radius 2 is 1.83 bits per heavy atom. The lowest BCUT2D eigenvalue weighted by atomic mass is 10.1. The van der Waals surface area contributed by atoms with Crippen molar-refractivity contribution in [1.29, 1.82) is 5.26 Å². The molecule has 1 atom stereocenters. The minimum atomic E-state index is -0.785. The third-order valence-electron chi connectivity index (χ3n) is 4.29. The van der Waals surface area contributed by atoms with E-state index in [9.17, 15) is 14.9 Å². The van der Waals surface area contributed by atoms with Crippen molar-refractivity contribution in [2.24, 2.45) is 12.8 Å². The van der Waals surface area contributed by atoms with Crippen LogP contribution >= 0.6 is 0 Å². The summed E-state index contributed by atoms with van der Waals surface area (Å²) in [6.07, 6.45) is 1.56. The molecule has 24 heavy (non-hydrogen) atoms. The fourth-order valence-electron chi connectivity index (χ4n) is 3.16. The molecular formula is C16H12N6O2. The highest BCUT2D eigenvalue weighted by Gasteiger charge is 2.36. The lowest BCUT2D eigenvalue weighted by molar-refractivity contribution is 0.509. The molecule has 8 heteroatoms. The molecule has 3 heterocycles. The molecule has 1 aliphatic rings. The predicted molar refractivity (Wildman–Crippen MR) is 86.8 cm³/mol. The Kier molecular flexibility index (Phi) is 2.74. The van der Waals surface area contributed by atoms with Crippen molar-refractivity contribution < 1.29 is 0 Å². The van der Waals surface area contributed by atoms with Crippen LogP contribution in [0.1, 0.15) is 11.7 Å². The van der Waals surface area contributed by atoms with Crippen LogP contribution < -0.4 is 16.9 Å². The standard InChI is InChI=1S/C16H12N6O2/c1-20-12(6-7-19-20)13-11(8-17)14(18)22-16(24)10-5-3-2-4-9(10)15(23)21(13)22/h2-7,13H,18H2,1H3. The molecule has 0 saturated carbocycles. The largest absolute Gasteiger partial charge is 0.383 e. The highest BCUT2D eigenvalue weighted by Crippen LogP contribution is 2.31. The second kappa shape index (κ2) is 4.70. The van der Waals surface area contributed by atoms with E-state index in [2.05, 4.69) is 5.10 Å². The summed E-state index contributed by atoms with van der Waals surface area (Å²) in [6, 6.07) is 9.47. The van der Waals surface area contributed by atoms with Gasteiger partial charge < -0.3 is 5.73 Å². The van der Waals surface area contributed by atoms with Gasteiger partial charge in [0, 0.05) is 13.2 Å². The molecule has 0 radical (unpaired) electrons. The number of allylic oxidation sites excluding steroid dienone is 1. The summed E-state index contributed by atoms with van der Waals surface area (Å²) in [6.45, 7) is 0. The van der Waals surface area contributed by atoms with Gasteiger partial charge in [-0.05, 0) is 18.2 Å². The van der Waals surface area contributed by atoms with Crippen LogP contribution in [0.5, 0.6) is 0 Å². The second-order valence-corrected chi connectivity index (χ2v) is 5.51. The number of hydrogen-bond acceptors (Lipinski definition) is 5. The first-order valence-electron chi connectivity index (χ1n) is 7.21. The number of fused-ring (bicyclic) bond motifs is 2. The molecule has 2 N–H and O–H groups in total. The average Bonchev–Trinajstić information content (AvgIpc) is 3.13. The van der Waals surface area contributed by atoms with Crippen molar-refractivity contribution in [2.45, 2.75) is 6.04 Å². The van der Waals surface area contributed by atoms with Gasteiger partial charge in [0.2, 0.25) is 0 Å². The molecule has 1 aliphatic heterocycles. The van der Waals surface area contributed by atoms with Gasteiger partial charge in [-0.1, -0.05) is 12.1 Å². The molecule has 0 bridgehead atoms. The van der Waals surface area contributed by atoms with Gasteiger partial charge in [0.15, 0.2) is 0 Å². The molecule has 4 rings (SSSR count). The van der Waals surface area contributed by atoms with Gasteiger partial charge in [0.1, 0.15) is 23.5 Å². The van der Waals surface area contributed by atoms with Crippen molar-refractivity contribution in [3.05, 3.63) is 68.5 Å². The summed E-state index contributed by atoms with van der Waals surface area (Å²) in [4.78, 5) is 25.8. The first kappa shape index (κ1) is 14.0. The lowest BCUT2D eigenvalue weighted by Gasteiger charge is -2.16. The van der Waals surface area contributed by atoms with E-state index in [1.54, 1.807) is 48.3 Å². The number of nitriles is 1. The average molecular weight is 320 g/mol. The van der Waals surface area contributed by atoms with E-state index < -0.39 is 11.6 Å². The Morgan fingerprint density at radius 3 is 2.42 bits per heavy atom. The maximum atomic E-state index is 13.0. The van der Waals surface area contributed by atoms with Crippen molar-refractivity contribution in [2.75, 3.05) is 0 Å². The molecule has 0 saturated heterocycles. The topological polar surface area (TPSA) is 112 Å². The van der Waals surface area contributed by atoms with Crippen molar-refractivity contribution in [3.8, 4) is 6.07 Å². The summed E-state index contributed by atoms with van der Waals surface area (Å²) < 4.78 is 3.87. The number of benzene rings is 1. The fraction of sp³-hybridized carbons (Fsp3) is 0.125. The van der Waals surface area contributed by atoms with E-state index in [-0.39, 0.29) is 27.7 Å². The summed E-state index contributed by atoms with van der Waals surface area (Å²) in [5, 5.41) is 14.2. The van der Waals surface area contributed by atoms with Crippen LogP contribution in [0.25, 0.3) is 16.6 Å². The molecule has 118 valence electrons. The van der Waals surface area contributed by atoms with E-state index in [0.29, 0.717) is 5.69 Å². The zero-order valence-electron chi connectivity index (χ0n) is 12.7. The molecular weight excluding hydrogens is 308 g/mol. The van der Waals surface area contributed by atoms with E-state index in [0.717, 1.165) is 4.68 Å². The highest BCUT2D eigenvalue weighted by atomic mass is 16.2. The number of hydrogen-bond donors (Lipinski definition) is 1. The maximum absolute atomic E-state index is 13.0. The molecule has 0 aliphatic carbocycles. The number of aromatic nitrogens is 4. The van der Waals surface area contributed by atoms with Crippen LogP contribution in [-0.4, -0.2) is 19.1 Å². The Bertz CT molecular complexity index is 1190. The summed E-state index contributed by atoms with van der Waals surface area (Å²) >= 11 is 0. The van der Waals surface area contributed by atoms with Crippen LogP contribution in [0.2, 0.25) is 0 Å². The highest BCUT2D eigenvalue weighted by molar-refractivity contribution is 5.81. The first-order valence-corrected chi connectivity index (χ1v) is 7.21. The van der Waals surface area contributed by atoms with Crippen LogP contribution in [0, 0.1) is 11.3 Å². The molecule has 1 aromatic carbocycles. The van der Waals surface area contributed by atoms with Gasteiger partial charge in [-0.2, -0.15) is 15.0 Å². The van der Waals surface area contributed by atoms with Gasteiger partial charge in [-0.15, -0.1) is 0 Å². The zero-order chi connectivity index (χ0) is 17.0. The van der Waals surface area contributed by atoms with Crippen LogP contribution in [0.15, 0.2) is 51.7 Å². The third kappa shape index (κ3) is 1.58. The monoisotopic (exact) mass is 320 g/mol. The number of nitrogens with two attached hydrogens (primary N) is 1. The SMILES string of the molecule is Cn1nccc1C1C(C#N)=C(N)n2c(=O)c3ccccc3c(=O)n21. The fourth-order valence-corrected chi connectivity index (χ4v) is 3.16. The Hall–Kier alpha value is -3.60. The quantitative estimate of drug-likeness (QED) is 0.686. The first-order chi connectivity index (χ1) is 11.6. The maximum Gasteiger partial charge on any atom is 0.279 e. The summed E-state index contributed by atoms with van der Waals surface area (Å²) in [5.74, 6) is -0.0310. The normalized spacial score (nSPS) is 16.4. The molecule has 0 spiro atoms. The molecule has 3 aromatic rings. The minimum Gasteiger partial charge on any atom is -0.383 e. The van der Waals surface area contributed by atoms with Crippen molar-refractivity contribution in [3.63, 3.8) is 0 Å². The third-order valence-corrected chi connectivity index (χ3v) is 4.29. The van der Waals surface area contributed by atoms with E-state index in [4.69, 9.17) is 5.73 Å². The molecule has 8 nitrogen and oxygen atoms in total. The smallest absolute Gasteiger partial charge is 0.279 e. The lowest BCUT2D eigenvalue weighted by Crippen LogP contribution is -2.38.